The third kappa shape index (κ3) is 3.19. The number of aromatic nitrogens is 2. The Kier molecular flexibility index (Phi) is 5.14. The lowest BCUT2D eigenvalue weighted by molar-refractivity contribution is 0.161. The lowest BCUT2D eigenvalue weighted by atomic mass is 10.1. The number of rotatable bonds is 5. The fourth-order valence-corrected chi connectivity index (χ4v) is 2.75. The average Bonchev–Trinajstić information content (AvgIpc) is 2.45. The van der Waals surface area contributed by atoms with Crippen LogP contribution in [-0.2, 0) is 6.42 Å². The van der Waals surface area contributed by atoms with E-state index in [1.54, 1.807) is 0 Å². The molecule has 2 rings (SSSR count). The van der Waals surface area contributed by atoms with Gasteiger partial charge in [-0.2, -0.15) is 4.98 Å². The quantitative estimate of drug-likeness (QED) is 0.743. The highest BCUT2D eigenvalue weighted by atomic mass is 16.3. The van der Waals surface area contributed by atoms with Crippen molar-refractivity contribution in [2.75, 3.05) is 26.2 Å². The van der Waals surface area contributed by atoms with Gasteiger partial charge in [0.15, 0.2) is 0 Å². The summed E-state index contributed by atoms with van der Waals surface area (Å²) in [7, 11) is 0. The molecule has 20 heavy (non-hydrogen) atoms. The van der Waals surface area contributed by atoms with Crippen LogP contribution in [0.15, 0.2) is 4.79 Å². The van der Waals surface area contributed by atoms with Crippen LogP contribution in [0.2, 0.25) is 0 Å². The lowest BCUT2D eigenvalue weighted by Gasteiger charge is -2.33. The highest BCUT2D eigenvalue weighted by molar-refractivity contribution is 5.23. The first-order valence-electron chi connectivity index (χ1n) is 7.44. The molecule has 0 amide bonds. The molecule has 0 aromatic carbocycles. The second-order valence-corrected chi connectivity index (χ2v) is 5.21. The maximum atomic E-state index is 12.1. The molecule has 1 atom stereocenters. The Hall–Kier alpha value is -1.40. The summed E-state index contributed by atoms with van der Waals surface area (Å²) < 4.78 is 0. The van der Waals surface area contributed by atoms with Gasteiger partial charge >= 0.3 is 0 Å². The van der Waals surface area contributed by atoms with Gasteiger partial charge in [0.25, 0.3) is 5.56 Å². The molecule has 1 aromatic rings. The van der Waals surface area contributed by atoms with Gasteiger partial charge in [-0.05, 0) is 12.8 Å². The van der Waals surface area contributed by atoms with Gasteiger partial charge in [-0.1, -0.05) is 20.3 Å². The van der Waals surface area contributed by atoms with E-state index >= 15 is 0 Å². The molecule has 1 aliphatic rings. The van der Waals surface area contributed by atoms with Crippen LogP contribution in [0.3, 0.4) is 0 Å². The fraction of sp³-hybridized carbons (Fsp3) is 0.714. The minimum Gasteiger partial charge on any atom is -0.493 e. The van der Waals surface area contributed by atoms with Crippen molar-refractivity contribution in [2.24, 2.45) is 0 Å². The second-order valence-electron chi connectivity index (χ2n) is 5.21. The molecule has 1 aromatic heterocycles. The Morgan fingerprint density at radius 1 is 1.35 bits per heavy atom. The summed E-state index contributed by atoms with van der Waals surface area (Å²) in [5, 5.41) is 13.3. The van der Waals surface area contributed by atoms with Gasteiger partial charge in [0, 0.05) is 26.2 Å². The number of aromatic hydroxyl groups is 1. The molecule has 6 heteroatoms. The van der Waals surface area contributed by atoms with Crippen LogP contribution >= 0.6 is 0 Å². The van der Waals surface area contributed by atoms with E-state index in [0.29, 0.717) is 17.8 Å². The molecule has 1 fully saturated rings. The Bertz CT molecular complexity index is 494. The van der Waals surface area contributed by atoms with Crippen LogP contribution < -0.4 is 10.9 Å². The van der Waals surface area contributed by atoms with Crippen molar-refractivity contribution in [2.45, 2.75) is 39.2 Å². The van der Waals surface area contributed by atoms with Gasteiger partial charge in [-0.25, -0.2) is 0 Å². The zero-order valence-corrected chi connectivity index (χ0v) is 12.3. The fourth-order valence-electron chi connectivity index (χ4n) is 2.75. The summed E-state index contributed by atoms with van der Waals surface area (Å²) in [6, 6.07) is 0.0615. The summed E-state index contributed by atoms with van der Waals surface area (Å²) in [5.41, 5.74) is 0.189. The SMILES string of the molecule is CCCc1c(O)nc(C(CC)N2CCNCC2)[nH]c1=O. The molecule has 1 aliphatic heterocycles. The number of hydrogen-bond donors (Lipinski definition) is 3. The highest BCUT2D eigenvalue weighted by Gasteiger charge is 2.24. The van der Waals surface area contributed by atoms with Crippen molar-refractivity contribution >= 4 is 0 Å². The Labute approximate surface area is 119 Å². The van der Waals surface area contributed by atoms with Crippen molar-refractivity contribution in [1.82, 2.24) is 20.2 Å². The third-order valence-electron chi connectivity index (χ3n) is 3.81. The molecule has 1 saturated heterocycles. The molecule has 1 unspecified atom stereocenters. The van der Waals surface area contributed by atoms with Gasteiger partial charge in [0.05, 0.1) is 11.6 Å². The largest absolute Gasteiger partial charge is 0.493 e. The molecule has 2 heterocycles. The van der Waals surface area contributed by atoms with E-state index in [1.165, 1.54) is 0 Å². The minimum absolute atomic E-state index is 0.0615. The maximum absolute atomic E-state index is 12.1. The number of aromatic amines is 1. The van der Waals surface area contributed by atoms with Crippen LogP contribution in [0.1, 0.15) is 44.1 Å². The smallest absolute Gasteiger partial charge is 0.257 e. The maximum Gasteiger partial charge on any atom is 0.257 e. The number of piperazine rings is 1. The number of H-pyrrole nitrogens is 1. The zero-order chi connectivity index (χ0) is 14.5. The van der Waals surface area contributed by atoms with Gasteiger partial charge < -0.3 is 15.4 Å². The van der Waals surface area contributed by atoms with E-state index in [-0.39, 0.29) is 17.5 Å². The van der Waals surface area contributed by atoms with Crippen LogP contribution in [0.5, 0.6) is 5.88 Å². The molecule has 0 saturated carbocycles. The van der Waals surface area contributed by atoms with Crippen LogP contribution in [0.4, 0.5) is 0 Å². The molecule has 112 valence electrons. The van der Waals surface area contributed by atoms with Crippen LogP contribution in [-0.4, -0.2) is 46.2 Å². The summed E-state index contributed by atoms with van der Waals surface area (Å²) in [6.07, 6.45) is 2.22. The van der Waals surface area contributed by atoms with E-state index in [1.807, 2.05) is 6.92 Å². The van der Waals surface area contributed by atoms with Crippen molar-refractivity contribution in [3.63, 3.8) is 0 Å². The minimum atomic E-state index is -0.206. The Morgan fingerprint density at radius 3 is 2.60 bits per heavy atom. The van der Waals surface area contributed by atoms with Gasteiger partial charge in [-0.3, -0.25) is 9.69 Å². The number of hydrogen-bond acceptors (Lipinski definition) is 5. The topological polar surface area (TPSA) is 81.2 Å². The van der Waals surface area contributed by atoms with Gasteiger partial charge in [0.1, 0.15) is 5.82 Å². The van der Waals surface area contributed by atoms with E-state index in [4.69, 9.17) is 0 Å². The number of nitrogens with one attached hydrogen (secondary N) is 2. The normalized spacial score (nSPS) is 18.1. The lowest BCUT2D eigenvalue weighted by Crippen LogP contribution is -2.45. The summed E-state index contributed by atoms with van der Waals surface area (Å²) in [5.74, 6) is 0.468. The van der Waals surface area contributed by atoms with Crippen LogP contribution in [0, 0.1) is 0 Å². The van der Waals surface area contributed by atoms with E-state index in [0.717, 1.165) is 39.0 Å². The predicted molar refractivity (Wildman–Crippen MR) is 78.0 cm³/mol. The Morgan fingerprint density at radius 2 is 2.05 bits per heavy atom. The zero-order valence-electron chi connectivity index (χ0n) is 12.3. The molecule has 0 aliphatic carbocycles. The van der Waals surface area contributed by atoms with Crippen molar-refractivity contribution < 1.29 is 5.11 Å². The van der Waals surface area contributed by atoms with E-state index in [9.17, 15) is 9.90 Å². The Balaban J connectivity index is 2.28. The van der Waals surface area contributed by atoms with Gasteiger partial charge in [-0.15, -0.1) is 0 Å². The predicted octanol–water partition coefficient (Wildman–Crippen LogP) is 0.784. The second kappa shape index (κ2) is 6.85. The first kappa shape index (κ1) is 15.0. The summed E-state index contributed by atoms with van der Waals surface area (Å²) in [6.45, 7) is 7.80. The molecule has 0 bridgehead atoms. The van der Waals surface area contributed by atoms with Crippen molar-refractivity contribution in [3.8, 4) is 5.88 Å². The molecule has 3 N–H and O–H groups in total. The van der Waals surface area contributed by atoms with Gasteiger partial charge in [0.2, 0.25) is 5.88 Å². The monoisotopic (exact) mass is 280 g/mol. The van der Waals surface area contributed by atoms with E-state index < -0.39 is 0 Å². The first-order chi connectivity index (χ1) is 9.67. The molecule has 6 nitrogen and oxygen atoms in total. The van der Waals surface area contributed by atoms with Crippen molar-refractivity contribution in [1.29, 1.82) is 0 Å². The highest BCUT2D eigenvalue weighted by Crippen LogP contribution is 2.23. The molecular formula is C14H24N4O2. The summed E-state index contributed by atoms with van der Waals surface area (Å²) >= 11 is 0. The standard InChI is InChI=1S/C14H24N4O2/c1-3-5-10-13(19)16-12(17-14(10)20)11(4-2)18-8-6-15-7-9-18/h11,15H,3-9H2,1-2H3,(H2,16,17,19,20). The molecule has 0 radical (unpaired) electrons. The molecule has 0 spiro atoms. The first-order valence-corrected chi connectivity index (χ1v) is 7.44. The van der Waals surface area contributed by atoms with Crippen LogP contribution in [0.25, 0.3) is 0 Å². The third-order valence-corrected chi connectivity index (χ3v) is 3.81. The number of nitrogens with zero attached hydrogens (tertiary/aromatic N) is 2. The molecular weight excluding hydrogens is 256 g/mol. The van der Waals surface area contributed by atoms with Crippen molar-refractivity contribution in [3.05, 3.63) is 21.7 Å². The van der Waals surface area contributed by atoms with E-state index in [2.05, 4.69) is 27.1 Å². The summed E-state index contributed by atoms with van der Waals surface area (Å²) in [4.78, 5) is 21.5. The average molecular weight is 280 g/mol.